The number of aliphatic hydroxyl groups is 2. The maximum Gasteiger partial charge on any atom is 0.105 e. The summed E-state index contributed by atoms with van der Waals surface area (Å²) in [6.07, 6.45) is -0.454. The Hall–Kier alpha value is -0.860. The number of hydrogen-bond donors (Lipinski definition) is 2. The molecule has 0 aliphatic rings. The normalized spacial score (nSPS) is 15.3. The molecule has 15 heavy (non-hydrogen) atoms. The Labute approximate surface area is 91.6 Å². The summed E-state index contributed by atoms with van der Waals surface area (Å²) in [7, 11) is 0. The summed E-state index contributed by atoms with van der Waals surface area (Å²) in [4.78, 5) is 0. The lowest BCUT2D eigenvalue weighted by atomic mass is 9.99. The van der Waals surface area contributed by atoms with Gasteiger partial charge in [-0.1, -0.05) is 38.1 Å². The quantitative estimate of drug-likeness (QED) is 0.797. The summed E-state index contributed by atoms with van der Waals surface area (Å²) in [6.45, 7) is 5.95. The molecule has 0 heterocycles. The van der Waals surface area contributed by atoms with E-state index >= 15 is 0 Å². The standard InChI is InChI=1S/C13H20O2/c1-9(2)8-11-4-6-12(7-5-11)13(15)10(3)14/h4-7,9-10,13-15H,8H2,1-3H3. The van der Waals surface area contributed by atoms with Gasteiger partial charge < -0.3 is 10.2 Å². The SMILES string of the molecule is CC(C)Cc1ccc(C(O)C(C)O)cc1. The first-order chi connectivity index (χ1) is 7.00. The lowest BCUT2D eigenvalue weighted by Crippen LogP contribution is -2.13. The van der Waals surface area contributed by atoms with Crippen LogP contribution in [0.3, 0.4) is 0 Å². The predicted molar refractivity (Wildman–Crippen MR) is 61.6 cm³/mol. The van der Waals surface area contributed by atoms with Crippen molar-refractivity contribution in [2.75, 3.05) is 0 Å². The third-order valence-electron chi connectivity index (χ3n) is 2.42. The molecule has 0 fully saturated rings. The van der Waals surface area contributed by atoms with Gasteiger partial charge in [0.05, 0.1) is 6.10 Å². The van der Waals surface area contributed by atoms with Crippen molar-refractivity contribution >= 4 is 0 Å². The Morgan fingerprint density at radius 3 is 1.93 bits per heavy atom. The van der Waals surface area contributed by atoms with E-state index in [1.165, 1.54) is 5.56 Å². The van der Waals surface area contributed by atoms with E-state index in [1.54, 1.807) is 6.92 Å². The highest BCUT2D eigenvalue weighted by molar-refractivity contribution is 5.24. The number of aliphatic hydroxyl groups excluding tert-OH is 2. The molecule has 0 aromatic heterocycles. The van der Waals surface area contributed by atoms with E-state index < -0.39 is 12.2 Å². The summed E-state index contributed by atoms with van der Waals surface area (Å²) < 4.78 is 0. The van der Waals surface area contributed by atoms with Crippen LogP contribution in [0.1, 0.15) is 38.0 Å². The Morgan fingerprint density at radius 2 is 1.53 bits per heavy atom. The Balaban J connectivity index is 2.72. The van der Waals surface area contributed by atoms with Gasteiger partial charge in [-0.2, -0.15) is 0 Å². The fourth-order valence-electron chi connectivity index (χ4n) is 1.60. The molecule has 0 aliphatic carbocycles. The second-order valence-electron chi connectivity index (χ2n) is 4.52. The predicted octanol–water partition coefficient (Wildman–Crippen LogP) is 2.30. The van der Waals surface area contributed by atoms with E-state index in [2.05, 4.69) is 13.8 Å². The molecule has 0 saturated carbocycles. The maximum atomic E-state index is 9.62. The molecule has 2 unspecified atom stereocenters. The van der Waals surface area contributed by atoms with Crippen LogP contribution < -0.4 is 0 Å². The molecule has 1 aromatic rings. The molecule has 1 rings (SSSR count). The van der Waals surface area contributed by atoms with Gasteiger partial charge in [0.25, 0.3) is 0 Å². The Morgan fingerprint density at radius 1 is 1.00 bits per heavy atom. The number of hydrogen-bond acceptors (Lipinski definition) is 2. The first kappa shape index (κ1) is 12.2. The van der Waals surface area contributed by atoms with Crippen molar-refractivity contribution in [3.05, 3.63) is 35.4 Å². The van der Waals surface area contributed by atoms with Crippen LogP contribution in [0.4, 0.5) is 0 Å². The molecule has 2 N–H and O–H groups in total. The largest absolute Gasteiger partial charge is 0.390 e. The second kappa shape index (κ2) is 5.29. The molecule has 0 spiro atoms. The van der Waals surface area contributed by atoms with E-state index in [4.69, 9.17) is 0 Å². The van der Waals surface area contributed by atoms with Crippen LogP contribution in [0.2, 0.25) is 0 Å². The average molecular weight is 208 g/mol. The molecule has 2 nitrogen and oxygen atoms in total. The van der Waals surface area contributed by atoms with E-state index in [0.29, 0.717) is 5.92 Å². The van der Waals surface area contributed by atoms with Gasteiger partial charge in [0.15, 0.2) is 0 Å². The Bertz CT molecular complexity index is 288. The molecule has 0 saturated heterocycles. The molecule has 0 aliphatic heterocycles. The van der Waals surface area contributed by atoms with Crippen molar-refractivity contribution in [3.8, 4) is 0 Å². The third kappa shape index (κ3) is 3.65. The Kier molecular flexibility index (Phi) is 4.30. The molecular weight excluding hydrogens is 188 g/mol. The summed E-state index contributed by atoms with van der Waals surface area (Å²) in [6, 6.07) is 7.80. The summed E-state index contributed by atoms with van der Waals surface area (Å²) in [5.41, 5.74) is 2.05. The topological polar surface area (TPSA) is 40.5 Å². The zero-order valence-corrected chi connectivity index (χ0v) is 9.64. The van der Waals surface area contributed by atoms with Gasteiger partial charge in [0.1, 0.15) is 6.10 Å². The lowest BCUT2D eigenvalue weighted by Gasteiger charge is -2.14. The van der Waals surface area contributed by atoms with Crippen LogP contribution in [-0.2, 0) is 6.42 Å². The fourth-order valence-corrected chi connectivity index (χ4v) is 1.60. The van der Waals surface area contributed by atoms with Crippen molar-refractivity contribution < 1.29 is 10.2 Å². The first-order valence-electron chi connectivity index (χ1n) is 5.45. The maximum absolute atomic E-state index is 9.62. The average Bonchev–Trinajstić information content (AvgIpc) is 2.17. The van der Waals surface area contributed by atoms with Gasteiger partial charge in [-0.3, -0.25) is 0 Å². The molecule has 2 heteroatoms. The molecule has 1 aromatic carbocycles. The van der Waals surface area contributed by atoms with Gasteiger partial charge in [-0.05, 0) is 30.4 Å². The second-order valence-corrected chi connectivity index (χ2v) is 4.52. The molecule has 2 atom stereocenters. The lowest BCUT2D eigenvalue weighted by molar-refractivity contribution is 0.0305. The van der Waals surface area contributed by atoms with Crippen molar-refractivity contribution in [2.24, 2.45) is 5.92 Å². The smallest absolute Gasteiger partial charge is 0.105 e. The molecule has 0 bridgehead atoms. The van der Waals surface area contributed by atoms with Crippen LogP contribution in [-0.4, -0.2) is 16.3 Å². The van der Waals surface area contributed by atoms with E-state index in [0.717, 1.165) is 12.0 Å². The van der Waals surface area contributed by atoms with Crippen LogP contribution in [0.5, 0.6) is 0 Å². The number of benzene rings is 1. The molecule has 84 valence electrons. The van der Waals surface area contributed by atoms with Crippen LogP contribution in [0, 0.1) is 5.92 Å². The molecular formula is C13H20O2. The molecule has 0 amide bonds. The minimum Gasteiger partial charge on any atom is -0.390 e. The monoisotopic (exact) mass is 208 g/mol. The van der Waals surface area contributed by atoms with Crippen LogP contribution >= 0.6 is 0 Å². The minimum atomic E-state index is -0.780. The van der Waals surface area contributed by atoms with E-state index in [9.17, 15) is 10.2 Å². The minimum absolute atomic E-state index is 0.637. The van der Waals surface area contributed by atoms with Gasteiger partial charge in [0, 0.05) is 0 Å². The highest BCUT2D eigenvalue weighted by atomic mass is 16.3. The third-order valence-corrected chi connectivity index (χ3v) is 2.42. The highest BCUT2D eigenvalue weighted by Gasteiger charge is 2.12. The zero-order chi connectivity index (χ0) is 11.4. The summed E-state index contributed by atoms with van der Waals surface area (Å²) in [5.74, 6) is 0.637. The van der Waals surface area contributed by atoms with Gasteiger partial charge >= 0.3 is 0 Å². The summed E-state index contributed by atoms with van der Waals surface area (Å²) >= 11 is 0. The van der Waals surface area contributed by atoms with Crippen molar-refractivity contribution in [1.29, 1.82) is 0 Å². The zero-order valence-electron chi connectivity index (χ0n) is 9.64. The van der Waals surface area contributed by atoms with Crippen molar-refractivity contribution in [1.82, 2.24) is 0 Å². The number of rotatable bonds is 4. The van der Waals surface area contributed by atoms with Crippen molar-refractivity contribution in [3.63, 3.8) is 0 Å². The molecule has 0 radical (unpaired) electrons. The van der Waals surface area contributed by atoms with E-state index in [1.807, 2.05) is 24.3 Å². The van der Waals surface area contributed by atoms with Gasteiger partial charge in [0.2, 0.25) is 0 Å². The van der Waals surface area contributed by atoms with Gasteiger partial charge in [-0.15, -0.1) is 0 Å². The first-order valence-corrected chi connectivity index (χ1v) is 5.45. The van der Waals surface area contributed by atoms with Crippen LogP contribution in [0.15, 0.2) is 24.3 Å². The summed E-state index contributed by atoms with van der Waals surface area (Å²) in [5, 5.41) is 18.9. The van der Waals surface area contributed by atoms with Crippen LogP contribution in [0.25, 0.3) is 0 Å². The van der Waals surface area contributed by atoms with Gasteiger partial charge in [-0.25, -0.2) is 0 Å². The fraction of sp³-hybridized carbons (Fsp3) is 0.538. The van der Waals surface area contributed by atoms with E-state index in [-0.39, 0.29) is 0 Å². The highest BCUT2D eigenvalue weighted by Crippen LogP contribution is 2.18. The van der Waals surface area contributed by atoms with Crippen molar-refractivity contribution in [2.45, 2.75) is 39.4 Å².